The minimum Gasteiger partial charge on any atom is -0.364 e. The topological polar surface area (TPSA) is 39.3 Å². The average Bonchev–Trinajstić information content (AvgIpc) is 3.23. The number of alkyl halides is 3. The molecule has 0 unspecified atom stereocenters. The number of aromatic nitrogens is 1. The molecule has 140 valence electrons. The van der Waals surface area contributed by atoms with E-state index in [0.29, 0.717) is 11.6 Å². The first-order chi connectivity index (χ1) is 12.3. The first-order valence-electron chi connectivity index (χ1n) is 8.33. The molecule has 1 aliphatic rings. The number of rotatable bonds is 5. The van der Waals surface area contributed by atoms with Gasteiger partial charge in [0.05, 0.1) is 12.6 Å². The molecule has 4 nitrogen and oxygen atoms in total. The van der Waals surface area contributed by atoms with Crippen LogP contribution < -0.4 is 4.90 Å². The molecule has 1 amide bonds. The van der Waals surface area contributed by atoms with Crippen LogP contribution in [0, 0.1) is 0 Å². The molecule has 1 aromatic heterocycles. The number of anilines is 1. The van der Waals surface area contributed by atoms with Crippen LogP contribution in [0.4, 0.5) is 18.9 Å². The van der Waals surface area contributed by atoms with Crippen molar-refractivity contribution >= 4 is 23.2 Å². The molecule has 0 aliphatic carbocycles. The molecule has 1 atom stereocenters. The van der Waals surface area contributed by atoms with Gasteiger partial charge in [-0.15, -0.1) is 0 Å². The smallest absolute Gasteiger partial charge is 0.364 e. The first-order valence-corrected chi connectivity index (χ1v) is 8.71. The van der Waals surface area contributed by atoms with E-state index in [0.717, 1.165) is 23.4 Å². The van der Waals surface area contributed by atoms with Gasteiger partial charge in [-0.3, -0.25) is 9.69 Å². The van der Waals surface area contributed by atoms with Crippen molar-refractivity contribution in [2.24, 2.45) is 0 Å². The number of hydrogen-bond donors (Lipinski definition) is 1. The Morgan fingerprint density at radius 1 is 1.27 bits per heavy atom. The summed E-state index contributed by atoms with van der Waals surface area (Å²) < 4.78 is 39.0. The number of H-pyrrole nitrogens is 1. The molecule has 1 aliphatic heterocycles. The normalized spacial score (nSPS) is 18.2. The Hall–Kier alpha value is -1.99. The number of amides is 1. The number of aromatic amines is 1. The van der Waals surface area contributed by atoms with Gasteiger partial charge in [-0.05, 0) is 55.8 Å². The molecule has 0 saturated carbocycles. The van der Waals surface area contributed by atoms with E-state index < -0.39 is 18.6 Å². The highest BCUT2D eigenvalue weighted by molar-refractivity contribution is 6.30. The number of carbonyl (C=O) groups excluding carboxylic acids is 1. The van der Waals surface area contributed by atoms with Gasteiger partial charge in [0.25, 0.3) is 0 Å². The average molecular weight is 386 g/mol. The lowest BCUT2D eigenvalue weighted by Crippen LogP contribution is -2.44. The van der Waals surface area contributed by atoms with Gasteiger partial charge in [0.1, 0.15) is 6.54 Å². The number of nitrogens with zero attached hydrogens (tertiary/aromatic N) is 2. The SMILES string of the molecule is O=C(CN1CCC[C@@H]1c1ccc[nH]1)N(CC(F)(F)F)c1ccc(Cl)cc1. The van der Waals surface area contributed by atoms with Crippen molar-refractivity contribution in [3.05, 3.63) is 53.3 Å². The van der Waals surface area contributed by atoms with Gasteiger partial charge in [0.2, 0.25) is 5.91 Å². The maximum Gasteiger partial charge on any atom is 0.406 e. The maximum absolute atomic E-state index is 13.0. The van der Waals surface area contributed by atoms with E-state index in [2.05, 4.69) is 4.98 Å². The highest BCUT2D eigenvalue weighted by atomic mass is 35.5. The molecule has 1 fully saturated rings. The Kier molecular flexibility index (Phi) is 5.58. The molecule has 1 aromatic carbocycles. The number of halogens is 4. The lowest BCUT2D eigenvalue weighted by molar-refractivity contribution is -0.133. The van der Waals surface area contributed by atoms with Crippen LogP contribution in [-0.2, 0) is 4.79 Å². The van der Waals surface area contributed by atoms with E-state index in [1.165, 1.54) is 24.3 Å². The van der Waals surface area contributed by atoms with E-state index in [-0.39, 0.29) is 18.3 Å². The van der Waals surface area contributed by atoms with Crippen LogP contribution in [0.5, 0.6) is 0 Å². The van der Waals surface area contributed by atoms with Gasteiger partial charge >= 0.3 is 6.18 Å². The second-order valence-corrected chi connectivity index (χ2v) is 6.76. The molecular formula is C18H19ClF3N3O. The summed E-state index contributed by atoms with van der Waals surface area (Å²) in [6, 6.07) is 9.64. The second kappa shape index (κ2) is 7.72. The molecule has 8 heteroatoms. The third-order valence-corrected chi connectivity index (χ3v) is 4.71. The molecule has 0 spiro atoms. The minimum atomic E-state index is -4.49. The highest BCUT2D eigenvalue weighted by Gasteiger charge is 2.36. The summed E-state index contributed by atoms with van der Waals surface area (Å²) in [5.41, 5.74) is 1.16. The van der Waals surface area contributed by atoms with Crippen LogP contribution in [0.3, 0.4) is 0 Å². The Bertz CT molecular complexity index is 731. The van der Waals surface area contributed by atoms with Gasteiger partial charge < -0.3 is 9.88 Å². The van der Waals surface area contributed by atoms with E-state index in [4.69, 9.17) is 11.6 Å². The summed E-state index contributed by atoms with van der Waals surface area (Å²) in [6.45, 7) is -0.716. The summed E-state index contributed by atoms with van der Waals surface area (Å²) >= 11 is 5.81. The number of nitrogens with one attached hydrogen (secondary N) is 1. The molecule has 0 bridgehead atoms. The summed E-state index contributed by atoms with van der Waals surface area (Å²) in [5.74, 6) is -0.580. The molecule has 1 saturated heterocycles. The van der Waals surface area contributed by atoms with Gasteiger partial charge in [-0.2, -0.15) is 13.2 Å². The Morgan fingerprint density at radius 3 is 2.62 bits per heavy atom. The maximum atomic E-state index is 13.0. The molecule has 0 radical (unpaired) electrons. The van der Waals surface area contributed by atoms with E-state index in [9.17, 15) is 18.0 Å². The van der Waals surface area contributed by atoms with Crippen molar-refractivity contribution < 1.29 is 18.0 Å². The molecule has 2 aromatic rings. The monoisotopic (exact) mass is 385 g/mol. The Balaban J connectivity index is 1.77. The van der Waals surface area contributed by atoms with Crippen molar-refractivity contribution in [3.63, 3.8) is 0 Å². The lowest BCUT2D eigenvalue weighted by Gasteiger charge is -2.29. The van der Waals surface area contributed by atoms with Crippen LogP contribution in [0.25, 0.3) is 0 Å². The zero-order chi connectivity index (χ0) is 18.7. The van der Waals surface area contributed by atoms with Crippen LogP contribution in [0.15, 0.2) is 42.6 Å². The molecular weight excluding hydrogens is 367 g/mol. The third kappa shape index (κ3) is 4.59. The van der Waals surface area contributed by atoms with Crippen LogP contribution in [0.2, 0.25) is 5.02 Å². The van der Waals surface area contributed by atoms with Gasteiger partial charge in [-0.1, -0.05) is 11.6 Å². The predicted molar refractivity (Wildman–Crippen MR) is 94.2 cm³/mol. The van der Waals surface area contributed by atoms with E-state index in [1.807, 2.05) is 17.0 Å². The summed E-state index contributed by atoms with van der Waals surface area (Å²) in [7, 11) is 0. The molecule has 1 N–H and O–H groups in total. The summed E-state index contributed by atoms with van der Waals surface area (Å²) in [4.78, 5) is 18.5. The quantitative estimate of drug-likeness (QED) is 0.828. The predicted octanol–water partition coefficient (Wildman–Crippen LogP) is 4.40. The van der Waals surface area contributed by atoms with Crippen molar-refractivity contribution in [1.29, 1.82) is 0 Å². The van der Waals surface area contributed by atoms with Gasteiger partial charge in [-0.25, -0.2) is 0 Å². The fourth-order valence-electron chi connectivity index (χ4n) is 3.30. The number of likely N-dealkylation sites (tertiary alicyclic amines) is 1. The fraction of sp³-hybridized carbons (Fsp3) is 0.389. The van der Waals surface area contributed by atoms with Crippen LogP contribution in [-0.4, -0.2) is 41.6 Å². The molecule has 3 rings (SSSR count). The van der Waals surface area contributed by atoms with Crippen molar-refractivity contribution in [3.8, 4) is 0 Å². The number of hydrogen-bond acceptors (Lipinski definition) is 2. The third-order valence-electron chi connectivity index (χ3n) is 4.46. The molecule has 2 heterocycles. The lowest BCUT2D eigenvalue weighted by atomic mass is 10.1. The first kappa shape index (κ1) is 18.8. The Morgan fingerprint density at radius 2 is 2.00 bits per heavy atom. The highest BCUT2D eigenvalue weighted by Crippen LogP contribution is 2.31. The zero-order valence-corrected chi connectivity index (χ0v) is 14.7. The second-order valence-electron chi connectivity index (χ2n) is 6.33. The molecule has 26 heavy (non-hydrogen) atoms. The van der Waals surface area contributed by atoms with E-state index >= 15 is 0 Å². The summed E-state index contributed by atoms with van der Waals surface area (Å²) in [6.07, 6.45) is -0.915. The van der Waals surface area contributed by atoms with Gasteiger partial charge in [0, 0.05) is 22.6 Å². The van der Waals surface area contributed by atoms with E-state index in [1.54, 1.807) is 6.20 Å². The van der Waals surface area contributed by atoms with Gasteiger partial charge in [0.15, 0.2) is 0 Å². The van der Waals surface area contributed by atoms with Crippen LogP contribution >= 0.6 is 11.6 Å². The summed E-state index contributed by atoms with van der Waals surface area (Å²) in [5, 5.41) is 0.402. The minimum absolute atomic E-state index is 0.0203. The number of benzene rings is 1. The fourth-order valence-corrected chi connectivity index (χ4v) is 3.43. The van der Waals surface area contributed by atoms with Crippen molar-refractivity contribution in [2.45, 2.75) is 25.1 Å². The zero-order valence-electron chi connectivity index (χ0n) is 14.0. The standard InChI is InChI=1S/C18H19ClF3N3O/c19-13-5-7-14(8-6-13)25(12-18(20,21)22)17(26)11-24-10-2-4-16(24)15-3-1-9-23-15/h1,3,5-9,16,23H,2,4,10-12H2/t16-/m1/s1. The van der Waals surface area contributed by atoms with Crippen LogP contribution in [0.1, 0.15) is 24.6 Å². The largest absolute Gasteiger partial charge is 0.406 e. The van der Waals surface area contributed by atoms with Crippen molar-refractivity contribution in [2.75, 3.05) is 24.5 Å². The van der Waals surface area contributed by atoms with Crippen molar-refractivity contribution in [1.82, 2.24) is 9.88 Å². The Labute approximate surface area is 154 Å². The number of carbonyl (C=O) groups is 1.